The van der Waals surface area contributed by atoms with Crippen molar-refractivity contribution < 1.29 is 28.6 Å². The van der Waals surface area contributed by atoms with E-state index in [-0.39, 0.29) is 31.1 Å². The molecule has 0 aliphatic rings. The lowest BCUT2D eigenvalue weighted by atomic mass is 10.0. The molecule has 0 aromatic rings. The summed E-state index contributed by atoms with van der Waals surface area (Å²) in [6.07, 6.45) is 48.2. The highest BCUT2D eigenvalue weighted by Crippen LogP contribution is 2.17. The number of rotatable bonds is 48. The Morgan fingerprint density at radius 3 is 0.817 bits per heavy atom. The Labute approximate surface area is 374 Å². The van der Waals surface area contributed by atoms with Crippen molar-refractivity contribution >= 4 is 17.9 Å². The molecule has 0 amide bonds. The summed E-state index contributed by atoms with van der Waals surface area (Å²) < 4.78 is 16.8. The largest absolute Gasteiger partial charge is 0.462 e. The monoisotopic (exact) mass is 849 g/mol. The van der Waals surface area contributed by atoms with Gasteiger partial charge in [-0.15, -0.1) is 0 Å². The van der Waals surface area contributed by atoms with Crippen LogP contribution in [0.2, 0.25) is 0 Å². The molecule has 0 aromatic heterocycles. The minimum Gasteiger partial charge on any atom is -0.462 e. The highest BCUT2D eigenvalue weighted by atomic mass is 16.6. The maximum absolute atomic E-state index is 12.8. The van der Waals surface area contributed by atoms with E-state index in [1.807, 2.05) is 0 Å². The van der Waals surface area contributed by atoms with Crippen LogP contribution in [0.5, 0.6) is 0 Å². The third-order valence-corrected chi connectivity index (χ3v) is 12.2. The van der Waals surface area contributed by atoms with Crippen LogP contribution in [0, 0.1) is 11.8 Å². The number of carbonyl (C=O) groups excluding carboxylic acids is 3. The maximum Gasteiger partial charge on any atom is 0.306 e. The Bertz CT molecular complexity index is 916. The number of carbonyl (C=O) groups is 3. The fraction of sp³-hybridized carbons (Fsp3) is 0.944. The molecular weight excluding hydrogens is 745 g/mol. The van der Waals surface area contributed by atoms with E-state index in [1.165, 1.54) is 186 Å². The zero-order valence-corrected chi connectivity index (χ0v) is 41.1. The first-order chi connectivity index (χ1) is 29.2. The summed E-state index contributed by atoms with van der Waals surface area (Å²) in [4.78, 5) is 37.9. The van der Waals surface area contributed by atoms with Crippen molar-refractivity contribution in [3.63, 3.8) is 0 Å². The zero-order chi connectivity index (χ0) is 44.0. The minimum absolute atomic E-state index is 0.0643. The molecule has 0 aliphatic carbocycles. The molecule has 0 radical (unpaired) electrons. The van der Waals surface area contributed by atoms with E-state index in [9.17, 15) is 14.4 Å². The highest BCUT2D eigenvalue weighted by molar-refractivity contribution is 5.71. The van der Waals surface area contributed by atoms with Crippen molar-refractivity contribution in [3.8, 4) is 0 Å². The van der Waals surface area contributed by atoms with Gasteiger partial charge < -0.3 is 14.2 Å². The fourth-order valence-corrected chi connectivity index (χ4v) is 8.17. The predicted octanol–water partition coefficient (Wildman–Crippen LogP) is 17.3. The molecule has 0 aliphatic heterocycles. The molecular formula is C54H104O6. The van der Waals surface area contributed by atoms with Crippen LogP contribution in [0.1, 0.15) is 298 Å². The first-order valence-electron chi connectivity index (χ1n) is 26.7. The normalized spacial score (nSPS) is 12.1. The van der Waals surface area contributed by atoms with E-state index in [2.05, 4.69) is 34.6 Å². The van der Waals surface area contributed by atoms with Crippen molar-refractivity contribution in [1.29, 1.82) is 0 Å². The van der Waals surface area contributed by atoms with Crippen LogP contribution in [-0.4, -0.2) is 37.2 Å². The molecule has 0 saturated heterocycles. The Kier molecular flexibility index (Phi) is 45.7. The second-order valence-electron chi connectivity index (χ2n) is 19.5. The lowest BCUT2D eigenvalue weighted by molar-refractivity contribution is -0.167. The molecule has 6 nitrogen and oxygen atoms in total. The van der Waals surface area contributed by atoms with Gasteiger partial charge >= 0.3 is 17.9 Å². The van der Waals surface area contributed by atoms with Gasteiger partial charge in [-0.2, -0.15) is 0 Å². The molecule has 0 aromatic carbocycles. The van der Waals surface area contributed by atoms with Crippen LogP contribution in [0.3, 0.4) is 0 Å². The van der Waals surface area contributed by atoms with Crippen LogP contribution >= 0.6 is 0 Å². The van der Waals surface area contributed by atoms with Crippen molar-refractivity contribution in [2.24, 2.45) is 11.8 Å². The van der Waals surface area contributed by atoms with Crippen molar-refractivity contribution in [2.75, 3.05) is 13.2 Å². The van der Waals surface area contributed by atoms with Gasteiger partial charge in [-0.05, 0) is 31.1 Å². The number of hydrogen-bond acceptors (Lipinski definition) is 6. The standard InChI is InChI=1S/C54H104O6/c1-6-7-8-9-10-11-12-13-14-15-16-17-18-22-25-28-34-39-44-52(55)58-47-51(48-59-53(56)45-40-35-31-30-33-38-43-50(4)5)60-54(57)46-41-36-29-26-23-20-19-21-24-27-32-37-42-49(2)3/h49-51H,6-48H2,1-5H3/t51-/m0/s1. The van der Waals surface area contributed by atoms with Gasteiger partial charge in [-0.3, -0.25) is 14.4 Å². The Morgan fingerprint density at radius 1 is 0.317 bits per heavy atom. The first-order valence-corrected chi connectivity index (χ1v) is 26.7. The number of esters is 3. The smallest absolute Gasteiger partial charge is 0.306 e. The van der Waals surface area contributed by atoms with Crippen LogP contribution in [0.15, 0.2) is 0 Å². The van der Waals surface area contributed by atoms with Gasteiger partial charge in [0.2, 0.25) is 0 Å². The molecule has 0 heterocycles. The van der Waals surface area contributed by atoms with Gasteiger partial charge in [0.1, 0.15) is 13.2 Å². The summed E-state index contributed by atoms with van der Waals surface area (Å²) in [7, 11) is 0. The van der Waals surface area contributed by atoms with Gasteiger partial charge in [-0.1, -0.05) is 259 Å². The fourth-order valence-electron chi connectivity index (χ4n) is 8.17. The molecule has 0 saturated carbocycles. The zero-order valence-electron chi connectivity index (χ0n) is 41.1. The molecule has 0 spiro atoms. The Morgan fingerprint density at radius 2 is 0.550 bits per heavy atom. The number of unbranched alkanes of at least 4 members (excludes halogenated alkanes) is 33. The van der Waals surface area contributed by atoms with E-state index >= 15 is 0 Å². The summed E-state index contributed by atoms with van der Waals surface area (Å²) >= 11 is 0. The highest BCUT2D eigenvalue weighted by Gasteiger charge is 2.19. The number of hydrogen-bond donors (Lipinski definition) is 0. The Hall–Kier alpha value is -1.59. The molecule has 0 unspecified atom stereocenters. The molecule has 6 heteroatoms. The topological polar surface area (TPSA) is 78.9 Å². The van der Waals surface area contributed by atoms with Crippen LogP contribution < -0.4 is 0 Å². The van der Waals surface area contributed by atoms with Gasteiger partial charge in [-0.25, -0.2) is 0 Å². The molecule has 0 fully saturated rings. The Balaban J connectivity index is 4.24. The van der Waals surface area contributed by atoms with Crippen LogP contribution in [0.4, 0.5) is 0 Å². The summed E-state index contributed by atoms with van der Waals surface area (Å²) in [6.45, 7) is 11.3. The third-order valence-electron chi connectivity index (χ3n) is 12.2. The average molecular weight is 849 g/mol. The van der Waals surface area contributed by atoms with E-state index in [4.69, 9.17) is 14.2 Å². The van der Waals surface area contributed by atoms with Crippen LogP contribution in [-0.2, 0) is 28.6 Å². The molecule has 1 atom stereocenters. The summed E-state index contributed by atoms with van der Waals surface area (Å²) in [5.41, 5.74) is 0. The third kappa shape index (κ3) is 47.5. The van der Waals surface area contributed by atoms with E-state index in [0.717, 1.165) is 69.6 Å². The molecule has 356 valence electrons. The molecule has 0 N–H and O–H groups in total. The minimum atomic E-state index is -0.762. The second kappa shape index (κ2) is 46.9. The van der Waals surface area contributed by atoms with Gasteiger partial charge in [0.25, 0.3) is 0 Å². The SMILES string of the molecule is CCCCCCCCCCCCCCCCCCCCC(=O)OC[C@@H](COC(=O)CCCCCCCCC(C)C)OC(=O)CCCCCCCCCCCCCCC(C)C. The quantitative estimate of drug-likeness (QED) is 0.0345. The van der Waals surface area contributed by atoms with Crippen molar-refractivity contribution in [2.45, 2.75) is 304 Å². The first kappa shape index (κ1) is 58.4. The second-order valence-corrected chi connectivity index (χ2v) is 19.5. The van der Waals surface area contributed by atoms with E-state index in [1.54, 1.807) is 0 Å². The lowest BCUT2D eigenvalue weighted by Crippen LogP contribution is -2.30. The number of ether oxygens (including phenoxy) is 3. The summed E-state index contributed by atoms with van der Waals surface area (Å²) in [6, 6.07) is 0. The van der Waals surface area contributed by atoms with Crippen LogP contribution in [0.25, 0.3) is 0 Å². The van der Waals surface area contributed by atoms with Gasteiger partial charge in [0, 0.05) is 19.3 Å². The van der Waals surface area contributed by atoms with E-state index in [0.29, 0.717) is 19.3 Å². The lowest BCUT2D eigenvalue weighted by Gasteiger charge is -2.18. The maximum atomic E-state index is 12.8. The van der Waals surface area contributed by atoms with E-state index < -0.39 is 6.10 Å². The summed E-state index contributed by atoms with van der Waals surface area (Å²) in [5.74, 6) is 0.744. The summed E-state index contributed by atoms with van der Waals surface area (Å²) in [5, 5.41) is 0. The average Bonchev–Trinajstić information content (AvgIpc) is 3.22. The molecule has 0 bridgehead atoms. The van der Waals surface area contributed by atoms with Gasteiger partial charge in [0.15, 0.2) is 6.10 Å². The van der Waals surface area contributed by atoms with Crippen molar-refractivity contribution in [1.82, 2.24) is 0 Å². The van der Waals surface area contributed by atoms with Crippen molar-refractivity contribution in [3.05, 3.63) is 0 Å². The predicted molar refractivity (Wildman–Crippen MR) is 256 cm³/mol. The molecule has 60 heavy (non-hydrogen) atoms. The van der Waals surface area contributed by atoms with Gasteiger partial charge in [0.05, 0.1) is 0 Å². The molecule has 0 rings (SSSR count).